The molecule has 198 valence electrons. The van der Waals surface area contributed by atoms with Crippen molar-refractivity contribution in [2.45, 2.75) is 11.2 Å². The molecular formula is C28H30N4O5S. The molecule has 2 N–H and O–H groups in total. The van der Waals surface area contributed by atoms with Crippen LogP contribution in [-0.4, -0.2) is 53.0 Å². The van der Waals surface area contributed by atoms with Crippen LogP contribution in [0.1, 0.15) is 27.9 Å². The van der Waals surface area contributed by atoms with Gasteiger partial charge in [-0.25, -0.2) is 13.4 Å². The van der Waals surface area contributed by atoms with Gasteiger partial charge in [0, 0.05) is 5.92 Å². The summed E-state index contributed by atoms with van der Waals surface area (Å²) in [6.07, 6.45) is 1.32. The molecule has 0 aliphatic carbocycles. The minimum atomic E-state index is -4.10. The van der Waals surface area contributed by atoms with Crippen molar-refractivity contribution in [3.05, 3.63) is 102 Å². The van der Waals surface area contributed by atoms with Gasteiger partial charge in [-0.15, -0.1) is 11.0 Å². The van der Waals surface area contributed by atoms with Crippen molar-refractivity contribution < 1.29 is 22.6 Å². The summed E-state index contributed by atoms with van der Waals surface area (Å²) in [6, 6.07) is 21.8. The number of hydrogen-bond donors (Lipinski definition) is 1. The second-order valence-corrected chi connectivity index (χ2v) is 10.2. The molecular weight excluding hydrogens is 504 g/mol. The van der Waals surface area contributed by atoms with Crippen molar-refractivity contribution in [2.75, 3.05) is 27.9 Å². The van der Waals surface area contributed by atoms with Gasteiger partial charge in [0.2, 0.25) is 5.96 Å². The van der Waals surface area contributed by atoms with Crippen molar-refractivity contribution in [3.8, 4) is 17.2 Å². The Hall–Kier alpha value is -4.31. The number of hydrogen-bond acceptors (Lipinski definition) is 6. The largest absolute Gasteiger partial charge is 0.497 e. The quantitative estimate of drug-likeness (QED) is 0.250. The van der Waals surface area contributed by atoms with E-state index >= 15 is 0 Å². The Labute approximate surface area is 222 Å². The van der Waals surface area contributed by atoms with Gasteiger partial charge in [-0.1, -0.05) is 30.3 Å². The number of ether oxygens (including phenoxy) is 3. The molecule has 3 aromatic carbocycles. The van der Waals surface area contributed by atoms with Gasteiger partial charge in [0.25, 0.3) is 10.0 Å². The van der Waals surface area contributed by atoms with Crippen molar-refractivity contribution in [3.63, 3.8) is 0 Å². The Morgan fingerprint density at radius 2 is 1.45 bits per heavy atom. The second kappa shape index (κ2) is 11.4. The van der Waals surface area contributed by atoms with Crippen LogP contribution >= 0.6 is 0 Å². The molecule has 4 rings (SSSR count). The van der Waals surface area contributed by atoms with Gasteiger partial charge in [0.1, 0.15) is 22.5 Å². The van der Waals surface area contributed by atoms with Gasteiger partial charge >= 0.3 is 0 Å². The second-order valence-electron chi connectivity index (χ2n) is 8.52. The van der Waals surface area contributed by atoms with Crippen LogP contribution in [0.4, 0.5) is 0 Å². The first kappa shape index (κ1) is 26.7. The van der Waals surface area contributed by atoms with Crippen LogP contribution in [0.25, 0.3) is 0 Å². The minimum absolute atomic E-state index is 0.192. The molecule has 0 fully saturated rings. The Morgan fingerprint density at radius 3 is 1.95 bits per heavy atom. The summed E-state index contributed by atoms with van der Waals surface area (Å²) in [7, 11) is 0.644. The van der Waals surface area contributed by atoms with Crippen LogP contribution in [0, 0.1) is 0 Å². The first-order valence-corrected chi connectivity index (χ1v) is 13.3. The molecule has 2 unspecified atom stereocenters. The van der Waals surface area contributed by atoms with E-state index in [-0.39, 0.29) is 11.9 Å². The van der Waals surface area contributed by atoms with Crippen LogP contribution in [0.5, 0.6) is 17.2 Å². The zero-order chi connectivity index (χ0) is 27.3. The van der Waals surface area contributed by atoms with Crippen LogP contribution in [0.15, 0.2) is 95.0 Å². The average Bonchev–Trinajstić information content (AvgIpc) is 3.39. The fraction of sp³-hybridized carbons (Fsp3) is 0.214. The van der Waals surface area contributed by atoms with Crippen molar-refractivity contribution >= 4 is 21.7 Å². The van der Waals surface area contributed by atoms with E-state index in [9.17, 15) is 8.42 Å². The Morgan fingerprint density at radius 1 is 0.947 bits per heavy atom. The highest BCUT2D eigenvalue weighted by Crippen LogP contribution is 2.32. The van der Waals surface area contributed by atoms with E-state index < -0.39 is 15.3 Å². The molecule has 3 aromatic rings. The lowest BCUT2D eigenvalue weighted by molar-refractivity contribution is 0.414. The first-order chi connectivity index (χ1) is 18.3. The first-order valence-electron chi connectivity index (χ1n) is 11.8. The molecule has 0 saturated carbocycles. The maximum absolute atomic E-state index is 13.3. The highest BCUT2D eigenvalue weighted by molar-refractivity contribution is 7.90. The van der Waals surface area contributed by atoms with E-state index in [1.807, 2.05) is 48.5 Å². The van der Waals surface area contributed by atoms with Gasteiger partial charge in [-0.2, -0.15) is 5.10 Å². The Balaban J connectivity index is 1.68. The molecule has 1 heterocycles. The summed E-state index contributed by atoms with van der Waals surface area (Å²) in [5.41, 5.74) is 9.30. The maximum atomic E-state index is 13.3. The number of methoxy groups -OCH3 is 3. The molecule has 9 nitrogen and oxygen atoms in total. The summed E-state index contributed by atoms with van der Waals surface area (Å²) in [4.78, 5) is 0. The maximum Gasteiger partial charge on any atom is 0.267 e. The van der Waals surface area contributed by atoms with E-state index in [2.05, 4.69) is 11.0 Å². The molecule has 0 amide bonds. The molecule has 1 aliphatic heterocycles. The minimum Gasteiger partial charge on any atom is -0.497 e. The molecule has 0 spiro atoms. The van der Waals surface area contributed by atoms with Crippen molar-refractivity contribution in [2.24, 2.45) is 15.2 Å². The third kappa shape index (κ3) is 5.65. The number of guanidine groups is 1. The van der Waals surface area contributed by atoms with Gasteiger partial charge in [0.15, 0.2) is 0 Å². The standard InChI is InChI=1S/C28H30N4O5S/c1-5-26(20-8-14-23(36-3)15-9-20)38(33,34)31-28(29)32-18-25(19-6-12-22(35-2)13-7-19)27(30-32)21-10-16-24(37-4)17-11-21/h5-17,25-26H,1,18H2,2-4H3,(H2,29,31). The van der Waals surface area contributed by atoms with E-state index in [1.54, 1.807) is 38.5 Å². The molecule has 1 aliphatic rings. The molecule has 0 radical (unpaired) electrons. The summed E-state index contributed by atoms with van der Waals surface area (Å²) in [6.45, 7) is 4.01. The molecule has 2 atom stereocenters. The van der Waals surface area contributed by atoms with Crippen LogP contribution < -0.4 is 19.9 Å². The van der Waals surface area contributed by atoms with E-state index in [0.717, 1.165) is 22.6 Å². The molecule has 0 aromatic heterocycles. The summed E-state index contributed by atoms with van der Waals surface area (Å²) >= 11 is 0. The summed E-state index contributed by atoms with van der Waals surface area (Å²) in [5, 5.41) is 5.02. The number of rotatable bonds is 9. The predicted molar refractivity (Wildman–Crippen MR) is 148 cm³/mol. The van der Waals surface area contributed by atoms with Gasteiger partial charge in [-0.05, 0) is 65.2 Å². The van der Waals surface area contributed by atoms with Crippen LogP contribution in [0.2, 0.25) is 0 Å². The average molecular weight is 535 g/mol. The zero-order valence-electron chi connectivity index (χ0n) is 21.4. The van der Waals surface area contributed by atoms with Gasteiger partial charge < -0.3 is 19.9 Å². The Bertz CT molecular complexity index is 1430. The van der Waals surface area contributed by atoms with E-state index in [0.29, 0.717) is 23.6 Å². The fourth-order valence-electron chi connectivity index (χ4n) is 4.22. The summed E-state index contributed by atoms with van der Waals surface area (Å²) < 4.78 is 46.2. The topological polar surface area (TPSA) is 116 Å². The highest BCUT2D eigenvalue weighted by atomic mass is 32.2. The number of benzene rings is 3. The lowest BCUT2D eigenvalue weighted by Gasteiger charge is -2.17. The molecule has 0 saturated heterocycles. The zero-order valence-corrected chi connectivity index (χ0v) is 22.3. The smallest absolute Gasteiger partial charge is 0.267 e. The van der Waals surface area contributed by atoms with Crippen LogP contribution in [-0.2, 0) is 10.0 Å². The Kier molecular flexibility index (Phi) is 8.02. The van der Waals surface area contributed by atoms with Gasteiger partial charge in [0.05, 0.1) is 33.6 Å². The van der Waals surface area contributed by atoms with E-state index in [4.69, 9.17) is 25.0 Å². The van der Waals surface area contributed by atoms with Crippen LogP contribution in [0.3, 0.4) is 0 Å². The third-order valence-corrected chi connectivity index (χ3v) is 7.83. The van der Waals surface area contributed by atoms with Gasteiger partial charge in [-0.3, -0.25) is 0 Å². The van der Waals surface area contributed by atoms with Crippen molar-refractivity contribution in [1.29, 1.82) is 0 Å². The predicted octanol–water partition coefficient (Wildman–Crippen LogP) is 4.09. The lowest BCUT2D eigenvalue weighted by Crippen LogP contribution is -2.34. The van der Waals surface area contributed by atoms with Crippen molar-refractivity contribution in [1.82, 2.24) is 5.01 Å². The normalized spacial score (nSPS) is 16.5. The SMILES string of the molecule is C=CC(c1ccc(OC)cc1)S(=O)(=O)N=C(N)N1CC(c2ccc(OC)cc2)C(c2ccc(OC)cc2)=N1. The fourth-order valence-corrected chi connectivity index (χ4v) is 5.44. The number of nitrogens with two attached hydrogens (primary N) is 1. The number of sulfonamides is 1. The molecule has 10 heteroatoms. The molecule has 38 heavy (non-hydrogen) atoms. The number of hydrazone groups is 1. The third-order valence-electron chi connectivity index (χ3n) is 6.28. The number of nitrogens with zero attached hydrogens (tertiary/aromatic N) is 3. The highest BCUT2D eigenvalue weighted by Gasteiger charge is 2.32. The van der Waals surface area contributed by atoms with E-state index in [1.165, 1.54) is 18.2 Å². The molecule has 0 bridgehead atoms. The monoisotopic (exact) mass is 534 g/mol. The summed E-state index contributed by atoms with van der Waals surface area (Å²) in [5.74, 6) is 1.63. The lowest BCUT2D eigenvalue weighted by atomic mass is 9.90.